The number of ether oxygens (including phenoxy) is 1. The number of para-hydroxylation sites is 1. The van der Waals surface area contributed by atoms with E-state index in [1.807, 2.05) is 42.3 Å². The number of aromatic nitrogens is 1. The Morgan fingerprint density at radius 2 is 1.62 bits per heavy atom. The van der Waals surface area contributed by atoms with Crippen LogP contribution in [0.15, 0.2) is 84.0 Å². The molecule has 7 heteroatoms. The molecule has 1 N–H and O–H groups in total. The Labute approximate surface area is 229 Å². The molecule has 2 unspecified atom stereocenters. The van der Waals surface area contributed by atoms with Crippen molar-refractivity contribution in [2.24, 2.45) is 12.1 Å². The predicted molar refractivity (Wildman–Crippen MR) is 155 cm³/mol. The fourth-order valence-electron chi connectivity index (χ4n) is 5.55. The number of nitrogens with one attached hydrogen (secondary N) is 1. The molecule has 1 saturated heterocycles. The van der Waals surface area contributed by atoms with Crippen LogP contribution >= 0.6 is 0 Å². The molecule has 5 rings (SSSR count). The average molecular weight is 523 g/mol. The standard InChI is InChI=1S/C32H34N4O3/c1-22-10-9-11-23(2)36(22)30(37)21-39-26-18-16-25(17-19-26)32(38)34-33-20-28-27-14-7-8-15-29(27)35(3)31(28)24-12-5-4-6-13-24/h4-8,12-20,22-23H,9-11,21H2,1-3H3,(H,34,38). The number of rotatable bonds is 7. The Bertz CT molecular complexity index is 1480. The van der Waals surface area contributed by atoms with Crippen molar-refractivity contribution in [3.05, 3.63) is 90.0 Å². The van der Waals surface area contributed by atoms with Crippen molar-refractivity contribution >= 4 is 28.9 Å². The van der Waals surface area contributed by atoms with Crippen LogP contribution in [0, 0.1) is 0 Å². The van der Waals surface area contributed by atoms with E-state index in [4.69, 9.17) is 4.74 Å². The summed E-state index contributed by atoms with van der Waals surface area (Å²) in [6.45, 7) is 4.16. The van der Waals surface area contributed by atoms with Crippen molar-refractivity contribution in [3.8, 4) is 17.0 Å². The lowest BCUT2D eigenvalue weighted by molar-refractivity contribution is -0.139. The van der Waals surface area contributed by atoms with Crippen LogP contribution in [0.3, 0.4) is 0 Å². The lowest BCUT2D eigenvalue weighted by atomic mass is 9.97. The molecule has 1 aromatic heterocycles. The van der Waals surface area contributed by atoms with Gasteiger partial charge in [-0.05, 0) is 69.0 Å². The van der Waals surface area contributed by atoms with Crippen LogP contribution in [0.5, 0.6) is 5.75 Å². The number of hydrazone groups is 1. The zero-order valence-electron chi connectivity index (χ0n) is 22.6. The number of amides is 2. The van der Waals surface area contributed by atoms with Crippen molar-refractivity contribution < 1.29 is 14.3 Å². The van der Waals surface area contributed by atoms with Gasteiger partial charge in [0.2, 0.25) is 0 Å². The normalized spacial score (nSPS) is 17.5. The van der Waals surface area contributed by atoms with E-state index in [0.717, 1.165) is 47.0 Å². The molecule has 3 aromatic carbocycles. The highest BCUT2D eigenvalue weighted by molar-refractivity contribution is 6.07. The Morgan fingerprint density at radius 3 is 2.33 bits per heavy atom. The van der Waals surface area contributed by atoms with Crippen molar-refractivity contribution in [3.63, 3.8) is 0 Å². The van der Waals surface area contributed by atoms with Crippen LogP contribution in [0.2, 0.25) is 0 Å². The van der Waals surface area contributed by atoms with E-state index in [1.54, 1.807) is 30.5 Å². The highest BCUT2D eigenvalue weighted by Gasteiger charge is 2.29. The molecular weight excluding hydrogens is 488 g/mol. The van der Waals surface area contributed by atoms with Crippen molar-refractivity contribution in [1.82, 2.24) is 14.9 Å². The van der Waals surface area contributed by atoms with E-state index < -0.39 is 0 Å². The first-order valence-corrected chi connectivity index (χ1v) is 13.4. The summed E-state index contributed by atoms with van der Waals surface area (Å²) < 4.78 is 7.88. The number of benzene rings is 3. The monoisotopic (exact) mass is 522 g/mol. The number of nitrogens with zero attached hydrogens (tertiary/aromatic N) is 3. The van der Waals surface area contributed by atoms with E-state index in [2.05, 4.69) is 53.2 Å². The quantitative estimate of drug-likeness (QED) is 0.247. The minimum Gasteiger partial charge on any atom is -0.484 e. The minimum atomic E-state index is -0.327. The van der Waals surface area contributed by atoms with Gasteiger partial charge in [-0.1, -0.05) is 48.5 Å². The number of aryl methyl sites for hydroxylation is 1. The molecule has 2 heterocycles. The number of carbonyl (C=O) groups excluding carboxylic acids is 2. The molecule has 0 bridgehead atoms. The van der Waals surface area contributed by atoms with Gasteiger partial charge < -0.3 is 14.2 Å². The van der Waals surface area contributed by atoms with Crippen molar-refractivity contribution in [1.29, 1.82) is 0 Å². The van der Waals surface area contributed by atoms with Gasteiger partial charge in [-0.15, -0.1) is 0 Å². The molecule has 0 spiro atoms. The maximum Gasteiger partial charge on any atom is 0.271 e. The highest BCUT2D eigenvalue weighted by atomic mass is 16.5. The van der Waals surface area contributed by atoms with Gasteiger partial charge in [-0.2, -0.15) is 5.10 Å². The summed E-state index contributed by atoms with van der Waals surface area (Å²) in [6.07, 6.45) is 4.90. The smallest absolute Gasteiger partial charge is 0.271 e. The fraction of sp³-hybridized carbons (Fsp3) is 0.281. The van der Waals surface area contributed by atoms with E-state index in [-0.39, 0.29) is 30.5 Å². The van der Waals surface area contributed by atoms with Crippen molar-refractivity contribution in [2.75, 3.05) is 6.61 Å². The van der Waals surface area contributed by atoms with Crippen molar-refractivity contribution in [2.45, 2.75) is 45.2 Å². The van der Waals surface area contributed by atoms with Gasteiger partial charge in [0.1, 0.15) is 5.75 Å². The van der Waals surface area contributed by atoms with Crippen LogP contribution in [0.1, 0.15) is 49.0 Å². The Balaban J connectivity index is 1.25. The fourth-order valence-corrected chi connectivity index (χ4v) is 5.55. The second kappa shape index (κ2) is 11.6. The first kappa shape index (κ1) is 26.2. The zero-order valence-corrected chi connectivity index (χ0v) is 22.6. The molecule has 7 nitrogen and oxygen atoms in total. The number of carbonyl (C=O) groups is 2. The number of hydrogen-bond acceptors (Lipinski definition) is 4. The lowest BCUT2D eigenvalue weighted by Crippen LogP contribution is -2.49. The largest absolute Gasteiger partial charge is 0.484 e. The molecule has 2 atom stereocenters. The second-order valence-electron chi connectivity index (χ2n) is 10.1. The van der Waals surface area contributed by atoms with Crippen LogP contribution in [0.25, 0.3) is 22.2 Å². The van der Waals surface area contributed by atoms with Gasteiger partial charge in [0, 0.05) is 41.2 Å². The Hall–Kier alpha value is -4.39. The molecule has 0 saturated carbocycles. The lowest BCUT2D eigenvalue weighted by Gasteiger charge is -2.38. The van der Waals surface area contributed by atoms with Gasteiger partial charge in [0.25, 0.3) is 11.8 Å². The van der Waals surface area contributed by atoms with Gasteiger partial charge in [0.15, 0.2) is 6.61 Å². The highest BCUT2D eigenvalue weighted by Crippen LogP contribution is 2.31. The molecule has 0 aliphatic carbocycles. The van der Waals surface area contributed by atoms with Crippen LogP contribution in [0.4, 0.5) is 0 Å². The first-order valence-electron chi connectivity index (χ1n) is 13.4. The minimum absolute atomic E-state index is 0.00540. The topological polar surface area (TPSA) is 75.9 Å². The maximum absolute atomic E-state index is 12.8. The third kappa shape index (κ3) is 5.58. The van der Waals surface area contributed by atoms with Gasteiger partial charge >= 0.3 is 0 Å². The summed E-state index contributed by atoms with van der Waals surface area (Å²) in [7, 11) is 2.03. The Kier molecular flexibility index (Phi) is 7.77. The van der Waals surface area contributed by atoms with E-state index >= 15 is 0 Å². The maximum atomic E-state index is 12.8. The second-order valence-corrected chi connectivity index (χ2v) is 10.1. The van der Waals surface area contributed by atoms with Crippen LogP contribution < -0.4 is 10.2 Å². The molecule has 1 fully saturated rings. The van der Waals surface area contributed by atoms with Crippen LogP contribution in [-0.2, 0) is 11.8 Å². The van der Waals surface area contributed by atoms with Gasteiger partial charge in [-0.25, -0.2) is 5.43 Å². The van der Waals surface area contributed by atoms with E-state index in [0.29, 0.717) is 11.3 Å². The number of likely N-dealkylation sites (tertiary alicyclic amines) is 1. The molecule has 1 aliphatic rings. The average Bonchev–Trinajstić information content (AvgIpc) is 3.24. The third-order valence-corrected chi connectivity index (χ3v) is 7.51. The zero-order chi connectivity index (χ0) is 27.4. The third-order valence-electron chi connectivity index (χ3n) is 7.51. The Morgan fingerprint density at radius 1 is 0.949 bits per heavy atom. The summed E-state index contributed by atoms with van der Waals surface area (Å²) in [5.74, 6) is 0.212. The molecule has 4 aromatic rings. The first-order chi connectivity index (χ1) is 18.9. The summed E-state index contributed by atoms with van der Waals surface area (Å²) in [4.78, 5) is 27.4. The molecule has 2 amide bonds. The number of piperidine rings is 1. The molecule has 39 heavy (non-hydrogen) atoms. The van der Waals surface area contributed by atoms with Gasteiger partial charge in [0.05, 0.1) is 11.9 Å². The number of fused-ring (bicyclic) bond motifs is 1. The van der Waals surface area contributed by atoms with E-state index in [9.17, 15) is 9.59 Å². The van der Waals surface area contributed by atoms with Crippen LogP contribution in [-0.4, -0.2) is 46.2 Å². The molecule has 0 radical (unpaired) electrons. The molecule has 1 aliphatic heterocycles. The van der Waals surface area contributed by atoms with Gasteiger partial charge in [-0.3, -0.25) is 9.59 Å². The summed E-state index contributed by atoms with van der Waals surface area (Å²) in [6, 6.07) is 25.5. The summed E-state index contributed by atoms with van der Waals surface area (Å²) in [5.41, 5.74) is 7.21. The summed E-state index contributed by atoms with van der Waals surface area (Å²) >= 11 is 0. The number of hydrogen-bond donors (Lipinski definition) is 1. The van der Waals surface area contributed by atoms with E-state index in [1.165, 1.54) is 0 Å². The summed E-state index contributed by atoms with van der Waals surface area (Å²) in [5, 5.41) is 5.35. The SMILES string of the molecule is CC1CCCC(C)N1C(=O)COc1ccc(C(=O)NN=Cc2c(-c3ccccc3)n(C)c3ccccc23)cc1. The molecular formula is C32H34N4O3. The predicted octanol–water partition coefficient (Wildman–Crippen LogP) is 5.78. The molecule has 200 valence electrons.